The Hall–Kier alpha value is -1.58. The standard InChI is InChI=1S/C18H25N3O/c22-18(20-9-2-1-3-10-20)21-16-6-7-17(21)12-15(11-16)14-5-4-8-19-13-14/h4-5,8,13,15-17H,1-3,6-7,9-12H2/t15-,16+,17-. The van der Waals surface area contributed by atoms with E-state index in [0.717, 1.165) is 25.9 Å². The zero-order chi connectivity index (χ0) is 14.9. The van der Waals surface area contributed by atoms with Gasteiger partial charge in [-0.3, -0.25) is 4.98 Å². The summed E-state index contributed by atoms with van der Waals surface area (Å²) in [7, 11) is 0. The smallest absolute Gasteiger partial charge is 0.320 e. The molecule has 3 fully saturated rings. The van der Waals surface area contributed by atoms with Crippen molar-refractivity contribution in [2.45, 2.75) is 62.9 Å². The maximum Gasteiger partial charge on any atom is 0.320 e. The first kappa shape index (κ1) is 14.0. The summed E-state index contributed by atoms with van der Waals surface area (Å²) in [6, 6.07) is 5.43. The Morgan fingerprint density at radius 3 is 2.45 bits per heavy atom. The first-order valence-corrected chi connectivity index (χ1v) is 8.80. The van der Waals surface area contributed by atoms with E-state index in [4.69, 9.17) is 0 Å². The Balaban J connectivity index is 1.48. The van der Waals surface area contributed by atoms with Crippen molar-refractivity contribution < 1.29 is 4.79 Å². The third-order valence-corrected chi connectivity index (χ3v) is 5.74. The maximum absolute atomic E-state index is 12.9. The van der Waals surface area contributed by atoms with Crippen LogP contribution in [0.15, 0.2) is 24.5 Å². The minimum absolute atomic E-state index is 0.317. The van der Waals surface area contributed by atoms with Crippen molar-refractivity contribution in [2.75, 3.05) is 13.1 Å². The van der Waals surface area contributed by atoms with Crippen molar-refractivity contribution in [3.05, 3.63) is 30.1 Å². The number of nitrogens with zero attached hydrogens (tertiary/aromatic N) is 3. The highest BCUT2D eigenvalue weighted by Crippen LogP contribution is 2.43. The number of fused-ring (bicyclic) bond motifs is 2. The lowest BCUT2D eigenvalue weighted by molar-refractivity contribution is 0.0990. The number of rotatable bonds is 1. The van der Waals surface area contributed by atoms with E-state index >= 15 is 0 Å². The Labute approximate surface area is 132 Å². The Morgan fingerprint density at radius 2 is 1.82 bits per heavy atom. The predicted octanol–water partition coefficient (Wildman–Crippen LogP) is 3.40. The van der Waals surface area contributed by atoms with E-state index in [1.54, 1.807) is 0 Å². The molecule has 0 N–H and O–H groups in total. The van der Waals surface area contributed by atoms with Gasteiger partial charge in [-0.15, -0.1) is 0 Å². The van der Waals surface area contributed by atoms with Crippen molar-refractivity contribution in [1.29, 1.82) is 0 Å². The normalized spacial score (nSPS) is 31.4. The van der Waals surface area contributed by atoms with Gasteiger partial charge in [0.15, 0.2) is 0 Å². The van der Waals surface area contributed by atoms with Gasteiger partial charge < -0.3 is 9.80 Å². The van der Waals surface area contributed by atoms with E-state index in [1.165, 1.54) is 37.7 Å². The van der Waals surface area contributed by atoms with E-state index in [1.807, 2.05) is 18.5 Å². The molecule has 0 spiro atoms. The molecule has 0 unspecified atom stereocenters. The van der Waals surface area contributed by atoms with E-state index in [2.05, 4.69) is 20.9 Å². The second-order valence-electron chi connectivity index (χ2n) is 7.08. The molecule has 1 aromatic heterocycles. The molecular weight excluding hydrogens is 274 g/mol. The van der Waals surface area contributed by atoms with Gasteiger partial charge in [0.05, 0.1) is 0 Å². The van der Waals surface area contributed by atoms with Crippen molar-refractivity contribution in [2.24, 2.45) is 0 Å². The SMILES string of the molecule is O=C(N1CCCCC1)N1[C@@H]2CC[C@H]1C[C@@H](c1cccnc1)C2. The van der Waals surface area contributed by atoms with Gasteiger partial charge in [-0.05, 0) is 62.5 Å². The predicted molar refractivity (Wildman–Crippen MR) is 85.7 cm³/mol. The van der Waals surface area contributed by atoms with Gasteiger partial charge >= 0.3 is 6.03 Å². The highest BCUT2D eigenvalue weighted by Gasteiger charge is 2.44. The van der Waals surface area contributed by atoms with Gasteiger partial charge in [0, 0.05) is 37.6 Å². The summed E-state index contributed by atoms with van der Waals surface area (Å²) in [6.45, 7) is 1.92. The van der Waals surface area contributed by atoms with Crippen molar-refractivity contribution in [1.82, 2.24) is 14.8 Å². The molecule has 22 heavy (non-hydrogen) atoms. The zero-order valence-electron chi connectivity index (χ0n) is 13.2. The van der Waals surface area contributed by atoms with Crippen LogP contribution in [-0.4, -0.2) is 46.0 Å². The molecule has 2 amide bonds. The molecule has 3 aliphatic rings. The second kappa shape index (κ2) is 5.90. The molecule has 4 nitrogen and oxygen atoms in total. The lowest BCUT2D eigenvalue weighted by atomic mass is 9.86. The molecule has 118 valence electrons. The van der Waals surface area contributed by atoms with Crippen LogP contribution < -0.4 is 0 Å². The minimum atomic E-state index is 0.317. The molecule has 1 aromatic rings. The van der Waals surface area contributed by atoms with Crippen LogP contribution in [0.3, 0.4) is 0 Å². The van der Waals surface area contributed by atoms with Crippen LogP contribution in [0.1, 0.15) is 56.4 Å². The molecule has 0 aliphatic carbocycles. The number of aromatic nitrogens is 1. The van der Waals surface area contributed by atoms with Crippen molar-refractivity contribution in [3.8, 4) is 0 Å². The first-order chi connectivity index (χ1) is 10.8. The number of pyridine rings is 1. The highest BCUT2D eigenvalue weighted by molar-refractivity contribution is 5.76. The van der Waals surface area contributed by atoms with Crippen LogP contribution in [0.4, 0.5) is 4.79 Å². The number of urea groups is 1. The lowest BCUT2D eigenvalue weighted by Crippen LogP contribution is -2.53. The molecule has 4 heterocycles. The maximum atomic E-state index is 12.9. The summed E-state index contributed by atoms with van der Waals surface area (Å²) in [5.74, 6) is 0.580. The average molecular weight is 299 g/mol. The fourth-order valence-corrected chi connectivity index (χ4v) is 4.63. The number of amides is 2. The van der Waals surface area contributed by atoms with Crippen LogP contribution in [-0.2, 0) is 0 Å². The largest absolute Gasteiger partial charge is 0.325 e. The summed E-state index contributed by atoms with van der Waals surface area (Å²) in [6.07, 6.45) is 12.1. The number of likely N-dealkylation sites (tertiary alicyclic amines) is 1. The molecular formula is C18H25N3O. The average Bonchev–Trinajstić information content (AvgIpc) is 2.85. The fourth-order valence-electron chi connectivity index (χ4n) is 4.63. The molecule has 3 aliphatic heterocycles. The monoisotopic (exact) mass is 299 g/mol. The van der Waals surface area contributed by atoms with Crippen molar-refractivity contribution in [3.63, 3.8) is 0 Å². The van der Waals surface area contributed by atoms with Gasteiger partial charge in [-0.1, -0.05) is 6.07 Å². The van der Waals surface area contributed by atoms with Crippen LogP contribution in [0, 0.1) is 0 Å². The van der Waals surface area contributed by atoms with Gasteiger partial charge in [0.25, 0.3) is 0 Å². The molecule has 0 radical (unpaired) electrons. The van der Waals surface area contributed by atoms with Gasteiger partial charge in [-0.25, -0.2) is 4.79 Å². The summed E-state index contributed by atoms with van der Waals surface area (Å²) in [5, 5.41) is 0. The molecule has 0 saturated carbocycles. The fraction of sp³-hybridized carbons (Fsp3) is 0.667. The third kappa shape index (κ3) is 2.49. The quantitative estimate of drug-likeness (QED) is 0.797. The number of carbonyl (C=O) groups excluding carboxylic acids is 1. The third-order valence-electron chi connectivity index (χ3n) is 5.74. The number of hydrogen-bond donors (Lipinski definition) is 0. The van der Waals surface area contributed by atoms with Crippen LogP contribution in [0.25, 0.3) is 0 Å². The van der Waals surface area contributed by atoms with Crippen LogP contribution in [0.2, 0.25) is 0 Å². The molecule has 4 rings (SSSR count). The Bertz CT molecular complexity index is 512. The van der Waals surface area contributed by atoms with Crippen LogP contribution in [0.5, 0.6) is 0 Å². The van der Waals surface area contributed by atoms with Crippen molar-refractivity contribution >= 4 is 6.03 Å². The van der Waals surface area contributed by atoms with Gasteiger partial charge in [0.2, 0.25) is 0 Å². The molecule has 3 atom stereocenters. The zero-order valence-corrected chi connectivity index (χ0v) is 13.2. The van der Waals surface area contributed by atoms with E-state index in [0.29, 0.717) is 24.0 Å². The first-order valence-electron chi connectivity index (χ1n) is 8.80. The Morgan fingerprint density at radius 1 is 1.09 bits per heavy atom. The van der Waals surface area contributed by atoms with E-state index in [9.17, 15) is 4.79 Å². The van der Waals surface area contributed by atoms with E-state index < -0.39 is 0 Å². The molecule has 4 heteroatoms. The topological polar surface area (TPSA) is 36.4 Å². The molecule has 3 saturated heterocycles. The van der Waals surface area contributed by atoms with Gasteiger partial charge in [-0.2, -0.15) is 0 Å². The molecule has 2 bridgehead atoms. The number of hydrogen-bond acceptors (Lipinski definition) is 2. The van der Waals surface area contributed by atoms with Crippen LogP contribution >= 0.6 is 0 Å². The highest BCUT2D eigenvalue weighted by atomic mass is 16.2. The van der Waals surface area contributed by atoms with Gasteiger partial charge in [0.1, 0.15) is 0 Å². The number of carbonyl (C=O) groups is 1. The molecule has 0 aromatic carbocycles. The lowest BCUT2D eigenvalue weighted by Gasteiger charge is -2.42. The summed E-state index contributed by atoms with van der Waals surface area (Å²) < 4.78 is 0. The summed E-state index contributed by atoms with van der Waals surface area (Å²) >= 11 is 0. The summed E-state index contributed by atoms with van der Waals surface area (Å²) in [5.41, 5.74) is 1.35. The second-order valence-corrected chi connectivity index (χ2v) is 7.08. The number of piperidine rings is 2. The summed E-state index contributed by atoms with van der Waals surface area (Å²) in [4.78, 5) is 21.5. The Kier molecular flexibility index (Phi) is 3.77. The minimum Gasteiger partial charge on any atom is -0.325 e. The van der Waals surface area contributed by atoms with E-state index in [-0.39, 0.29) is 0 Å².